The average Bonchev–Trinajstić information content (AvgIpc) is 2.84. The second kappa shape index (κ2) is 3.35. The highest BCUT2D eigenvalue weighted by atomic mass is 15.4. The van der Waals surface area contributed by atoms with Crippen LogP contribution in [-0.4, -0.2) is 31.2 Å². The van der Waals surface area contributed by atoms with Gasteiger partial charge in [0, 0.05) is 11.8 Å². The third kappa shape index (κ3) is 1.47. The lowest BCUT2D eigenvalue weighted by Crippen LogP contribution is -2.43. The van der Waals surface area contributed by atoms with Crippen molar-refractivity contribution in [2.75, 3.05) is 26.7 Å². The molecular formula is C14H24N+. The smallest absolute Gasteiger partial charge is 0.0824 e. The summed E-state index contributed by atoms with van der Waals surface area (Å²) in [4.78, 5) is 0. The molecule has 4 atom stereocenters. The zero-order chi connectivity index (χ0) is 10.5. The van der Waals surface area contributed by atoms with E-state index in [2.05, 4.69) is 26.1 Å². The predicted octanol–water partition coefficient (Wildman–Crippen LogP) is 2.69. The lowest BCUT2D eigenvalue weighted by Gasteiger charge is -2.31. The summed E-state index contributed by atoms with van der Waals surface area (Å²) in [6, 6.07) is 0. The second-order valence-electron chi connectivity index (χ2n) is 6.34. The Morgan fingerprint density at radius 1 is 1.13 bits per heavy atom. The van der Waals surface area contributed by atoms with Crippen LogP contribution in [0.3, 0.4) is 0 Å². The van der Waals surface area contributed by atoms with Crippen molar-refractivity contribution in [2.24, 2.45) is 23.7 Å². The highest BCUT2D eigenvalue weighted by Gasteiger charge is 2.54. The summed E-state index contributed by atoms with van der Waals surface area (Å²) in [6.45, 7) is 6.67. The summed E-state index contributed by atoms with van der Waals surface area (Å²) in [5, 5.41) is 0. The van der Waals surface area contributed by atoms with Gasteiger partial charge in [0.05, 0.1) is 26.7 Å². The molecule has 15 heavy (non-hydrogen) atoms. The van der Waals surface area contributed by atoms with E-state index in [-0.39, 0.29) is 0 Å². The fourth-order valence-corrected chi connectivity index (χ4v) is 4.38. The van der Waals surface area contributed by atoms with Crippen molar-refractivity contribution >= 4 is 0 Å². The molecular weight excluding hydrogens is 182 g/mol. The Labute approximate surface area is 93.7 Å². The molecule has 0 spiro atoms. The number of quaternary nitrogens is 1. The van der Waals surface area contributed by atoms with E-state index in [1.54, 1.807) is 0 Å². The Morgan fingerprint density at radius 2 is 1.73 bits per heavy atom. The fourth-order valence-electron chi connectivity index (χ4n) is 4.38. The lowest BCUT2D eigenvalue weighted by atomic mass is 9.86. The van der Waals surface area contributed by atoms with Crippen molar-refractivity contribution in [2.45, 2.75) is 26.2 Å². The van der Waals surface area contributed by atoms with E-state index >= 15 is 0 Å². The van der Waals surface area contributed by atoms with E-state index in [0.29, 0.717) is 0 Å². The van der Waals surface area contributed by atoms with Gasteiger partial charge in [-0.3, -0.25) is 0 Å². The number of hydrogen-bond acceptors (Lipinski definition) is 0. The molecule has 1 saturated heterocycles. The molecule has 2 aliphatic carbocycles. The third-order valence-corrected chi connectivity index (χ3v) is 5.15. The van der Waals surface area contributed by atoms with Gasteiger partial charge in [0.15, 0.2) is 0 Å². The molecule has 0 aromatic carbocycles. The standard InChI is InChI=1S/C14H24N/c1-3-4-7-15(2)9-13-11-5-6-12(8-11)14(13)10-15/h5-6,11-14H,3-4,7-10H2,1-2H3/q+1/t11-,12-,13-,14-/m0/s1. The minimum atomic E-state index is 0.960. The molecule has 0 unspecified atom stereocenters. The molecule has 0 N–H and O–H groups in total. The van der Waals surface area contributed by atoms with E-state index in [0.717, 1.165) is 23.7 Å². The SMILES string of the molecule is CCCC[N+]1(C)C[C@@H]2[C@@H](C1)[C@H]1C=C[C@H]2C1. The van der Waals surface area contributed by atoms with Crippen LogP contribution in [0.25, 0.3) is 0 Å². The van der Waals surface area contributed by atoms with Gasteiger partial charge >= 0.3 is 0 Å². The van der Waals surface area contributed by atoms with Crippen molar-refractivity contribution in [1.82, 2.24) is 0 Å². The largest absolute Gasteiger partial charge is 0.326 e. The molecule has 2 bridgehead atoms. The first kappa shape index (κ1) is 9.89. The molecule has 3 aliphatic rings. The van der Waals surface area contributed by atoms with Crippen molar-refractivity contribution in [1.29, 1.82) is 0 Å². The van der Waals surface area contributed by atoms with Crippen molar-refractivity contribution in [3.63, 3.8) is 0 Å². The van der Waals surface area contributed by atoms with Gasteiger partial charge in [-0.1, -0.05) is 25.5 Å². The average molecular weight is 206 g/mol. The zero-order valence-electron chi connectivity index (χ0n) is 10.2. The minimum absolute atomic E-state index is 0.960. The van der Waals surface area contributed by atoms with E-state index in [1.165, 1.54) is 43.4 Å². The molecule has 1 saturated carbocycles. The summed E-state index contributed by atoms with van der Waals surface area (Å²) in [5.74, 6) is 4.01. The second-order valence-corrected chi connectivity index (χ2v) is 6.34. The minimum Gasteiger partial charge on any atom is -0.326 e. The van der Waals surface area contributed by atoms with Crippen LogP contribution in [0.2, 0.25) is 0 Å². The van der Waals surface area contributed by atoms with Gasteiger partial charge in [0.1, 0.15) is 0 Å². The van der Waals surface area contributed by atoms with Gasteiger partial charge < -0.3 is 4.48 Å². The van der Waals surface area contributed by atoms with Crippen molar-refractivity contribution < 1.29 is 4.48 Å². The van der Waals surface area contributed by atoms with E-state index < -0.39 is 0 Å². The molecule has 0 aromatic heterocycles. The number of rotatable bonds is 3. The molecule has 0 aromatic rings. The van der Waals surface area contributed by atoms with Crippen LogP contribution in [-0.2, 0) is 0 Å². The van der Waals surface area contributed by atoms with Gasteiger partial charge in [0.25, 0.3) is 0 Å². The van der Waals surface area contributed by atoms with Crippen LogP contribution in [0.15, 0.2) is 12.2 Å². The van der Waals surface area contributed by atoms with Crippen LogP contribution in [0, 0.1) is 23.7 Å². The summed E-state index contributed by atoms with van der Waals surface area (Å²) in [7, 11) is 2.49. The maximum atomic E-state index is 2.52. The van der Waals surface area contributed by atoms with Crippen molar-refractivity contribution in [3.8, 4) is 0 Å². The molecule has 1 heteroatoms. The Hall–Kier alpha value is -0.300. The normalized spacial score (nSPS) is 51.3. The molecule has 1 nitrogen and oxygen atoms in total. The molecule has 1 aliphatic heterocycles. The Bertz CT molecular complexity index is 261. The molecule has 3 rings (SSSR count). The number of unbranched alkanes of at least 4 members (excludes halogenated alkanes) is 1. The number of nitrogens with zero attached hydrogens (tertiary/aromatic N) is 1. The summed E-state index contributed by atoms with van der Waals surface area (Å²) in [5.41, 5.74) is 0. The van der Waals surface area contributed by atoms with Gasteiger partial charge in [-0.2, -0.15) is 0 Å². The zero-order valence-corrected chi connectivity index (χ0v) is 10.2. The first-order valence-corrected chi connectivity index (χ1v) is 6.74. The molecule has 0 radical (unpaired) electrons. The molecule has 84 valence electrons. The topological polar surface area (TPSA) is 0 Å². The van der Waals surface area contributed by atoms with Gasteiger partial charge in [-0.25, -0.2) is 0 Å². The maximum absolute atomic E-state index is 2.52. The van der Waals surface area contributed by atoms with Crippen LogP contribution in [0.1, 0.15) is 26.2 Å². The van der Waals surface area contributed by atoms with E-state index in [9.17, 15) is 0 Å². The van der Waals surface area contributed by atoms with Crippen LogP contribution >= 0.6 is 0 Å². The lowest BCUT2D eigenvalue weighted by molar-refractivity contribution is -0.901. The number of likely N-dealkylation sites (tertiary alicyclic amines) is 1. The maximum Gasteiger partial charge on any atom is 0.0824 e. The highest BCUT2D eigenvalue weighted by molar-refractivity contribution is 5.14. The first-order valence-electron chi connectivity index (χ1n) is 6.74. The Balaban J connectivity index is 1.70. The molecule has 0 amide bonds. The monoisotopic (exact) mass is 206 g/mol. The quantitative estimate of drug-likeness (QED) is 0.492. The van der Waals surface area contributed by atoms with Gasteiger partial charge in [-0.05, 0) is 24.7 Å². The Kier molecular flexibility index (Phi) is 2.21. The van der Waals surface area contributed by atoms with Crippen molar-refractivity contribution in [3.05, 3.63) is 12.2 Å². The molecule has 1 heterocycles. The van der Waals surface area contributed by atoms with E-state index in [4.69, 9.17) is 0 Å². The number of fused-ring (bicyclic) bond motifs is 5. The van der Waals surface area contributed by atoms with Crippen LogP contribution in [0.5, 0.6) is 0 Å². The van der Waals surface area contributed by atoms with Crippen LogP contribution < -0.4 is 0 Å². The Morgan fingerprint density at radius 3 is 2.27 bits per heavy atom. The van der Waals surface area contributed by atoms with Gasteiger partial charge in [-0.15, -0.1) is 0 Å². The van der Waals surface area contributed by atoms with Gasteiger partial charge in [0.2, 0.25) is 0 Å². The summed E-state index contributed by atoms with van der Waals surface area (Å²) < 4.78 is 1.37. The molecule has 2 fully saturated rings. The summed E-state index contributed by atoms with van der Waals surface area (Å²) >= 11 is 0. The first-order chi connectivity index (χ1) is 7.22. The van der Waals surface area contributed by atoms with E-state index in [1.807, 2.05) is 0 Å². The number of allylic oxidation sites excluding steroid dienone is 2. The van der Waals surface area contributed by atoms with Crippen LogP contribution in [0.4, 0.5) is 0 Å². The third-order valence-electron chi connectivity index (χ3n) is 5.15. The fraction of sp³-hybridized carbons (Fsp3) is 0.857. The predicted molar refractivity (Wildman–Crippen MR) is 63.4 cm³/mol. The number of hydrogen-bond donors (Lipinski definition) is 0. The highest BCUT2D eigenvalue weighted by Crippen LogP contribution is 2.52. The summed E-state index contributed by atoms with van der Waals surface area (Å²) in [6.07, 6.45) is 9.29.